The Balaban J connectivity index is 2.74. The molecule has 0 aromatic heterocycles. The molecule has 0 bridgehead atoms. The van der Waals surface area contributed by atoms with Crippen molar-refractivity contribution in [3.05, 3.63) is 35.9 Å². The van der Waals surface area contributed by atoms with Gasteiger partial charge in [0.15, 0.2) is 0 Å². The number of hydrogen-bond acceptors (Lipinski definition) is 1. The van der Waals surface area contributed by atoms with Crippen LogP contribution in [0, 0.1) is 0 Å². The second-order valence-electron chi connectivity index (χ2n) is 2.82. The molecule has 1 rings (SSSR count). The third-order valence-electron chi connectivity index (χ3n) is 1.34. The van der Waals surface area contributed by atoms with Crippen LogP contribution in [0.5, 0.6) is 0 Å². The van der Waals surface area contributed by atoms with Gasteiger partial charge in [-0.25, -0.2) is 0 Å². The standard InChI is InChI=1S/C8H12NOP/c1-11(9,10)7-8-5-3-2-4-6-8/h2-6H,7H2,1H3,(H2,9,10). The van der Waals surface area contributed by atoms with Crippen LogP contribution < -0.4 is 5.50 Å². The Bertz CT molecular complexity index is 265. The number of hydrogen-bond donors (Lipinski definition) is 1. The van der Waals surface area contributed by atoms with Crippen LogP contribution in [0.1, 0.15) is 5.56 Å². The molecule has 0 aliphatic heterocycles. The van der Waals surface area contributed by atoms with Crippen LogP contribution in [0.2, 0.25) is 0 Å². The average Bonchev–Trinajstić information content (AvgIpc) is 1.85. The molecule has 0 aliphatic carbocycles. The van der Waals surface area contributed by atoms with Gasteiger partial charge in [-0.1, -0.05) is 30.3 Å². The summed E-state index contributed by atoms with van der Waals surface area (Å²) in [4.78, 5) is 0. The van der Waals surface area contributed by atoms with E-state index >= 15 is 0 Å². The minimum Gasteiger partial charge on any atom is -0.307 e. The second-order valence-corrected chi connectivity index (χ2v) is 5.48. The van der Waals surface area contributed by atoms with Crippen molar-refractivity contribution in [2.45, 2.75) is 6.16 Å². The molecule has 0 heterocycles. The first-order valence-electron chi connectivity index (χ1n) is 3.47. The van der Waals surface area contributed by atoms with Crippen LogP contribution in [0.15, 0.2) is 30.3 Å². The van der Waals surface area contributed by atoms with Gasteiger partial charge in [0, 0.05) is 12.8 Å². The van der Waals surface area contributed by atoms with E-state index in [9.17, 15) is 4.57 Å². The molecule has 0 amide bonds. The first-order valence-corrected chi connectivity index (χ1v) is 5.88. The minimum atomic E-state index is -2.39. The van der Waals surface area contributed by atoms with Crippen LogP contribution in [0.25, 0.3) is 0 Å². The summed E-state index contributed by atoms with van der Waals surface area (Å²) in [5.74, 6) is 0. The molecule has 0 saturated heterocycles. The lowest BCUT2D eigenvalue weighted by Gasteiger charge is -2.04. The molecule has 2 nitrogen and oxygen atoms in total. The fourth-order valence-electron chi connectivity index (χ4n) is 0.946. The maximum Gasteiger partial charge on any atom is 0.146 e. The molecule has 0 spiro atoms. The van der Waals surface area contributed by atoms with Crippen molar-refractivity contribution in [1.82, 2.24) is 0 Å². The molecular formula is C8H12NOP. The highest BCUT2D eigenvalue weighted by Gasteiger charge is 2.07. The zero-order valence-electron chi connectivity index (χ0n) is 6.53. The number of benzene rings is 1. The van der Waals surface area contributed by atoms with Gasteiger partial charge in [0.05, 0.1) is 0 Å². The smallest absolute Gasteiger partial charge is 0.146 e. The fraction of sp³-hybridized carbons (Fsp3) is 0.250. The van der Waals surface area contributed by atoms with E-state index in [1.165, 1.54) is 0 Å². The summed E-state index contributed by atoms with van der Waals surface area (Å²) in [6, 6.07) is 9.64. The van der Waals surface area contributed by atoms with Crippen LogP contribution in [-0.4, -0.2) is 6.66 Å². The van der Waals surface area contributed by atoms with Gasteiger partial charge in [0.25, 0.3) is 0 Å². The molecule has 0 saturated carbocycles. The van der Waals surface area contributed by atoms with Gasteiger partial charge in [-0.05, 0) is 5.56 Å². The van der Waals surface area contributed by atoms with Gasteiger partial charge in [-0.3, -0.25) is 5.50 Å². The van der Waals surface area contributed by atoms with Crippen molar-refractivity contribution in [3.63, 3.8) is 0 Å². The van der Waals surface area contributed by atoms with Crippen molar-refractivity contribution in [3.8, 4) is 0 Å². The van der Waals surface area contributed by atoms with Crippen molar-refractivity contribution in [2.75, 3.05) is 6.66 Å². The van der Waals surface area contributed by atoms with E-state index in [0.29, 0.717) is 6.16 Å². The molecule has 1 atom stereocenters. The zero-order valence-corrected chi connectivity index (χ0v) is 7.42. The summed E-state index contributed by atoms with van der Waals surface area (Å²) in [5.41, 5.74) is 6.47. The monoisotopic (exact) mass is 169 g/mol. The van der Waals surface area contributed by atoms with Crippen molar-refractivity contribution < 1.29 is 4.57 Å². The van der Waals surface area contributed by atoms with Gasteiger partial charge in [-0.2, -0.15) is 0 Å². The minimum absolute atomic E-state index is 0.494. The average molecular weight is 169 g/mol. The van der Waals surface area contributed by atoms with E-state index in [4.69, 9.17) is 5.50 Å². The van der Waals surface area contributed by atoms with E-state index in [1.807, 2.05) is 30.3 Å². The summed E-state index contributed by atoms with van der Waals surface area (Å²) in [6.45, 7) is 1.60. The maximum atomic E-state index is 11.2. The fourth-order valence-corrected chi connectivity index (χ4v) is 1.88. The first-order chi connectivity index (χ1) is 5.08. The van der Waals surface area contributed by atoms with Crippen molar-refractivity contribution >= 4 is 7.29 Å². The molecule has 60 valence electrons. The lowest BCUT2D eigenvalue weighted by molar-refractivity contribution is 0.579. The normalized spacial score (nSPS) is 15.8. The Hall–Kier alpha value is -0.590. The van der Waals surface area contributed by atoms with Gasteiger partial charge < -0.3 is 4.57 Å². The zero-order chi connectivity index (χ0) is 8.32. The maximum absolute atomic E-state index is 11.2. The molecular weight excluding hydrogens is 157 g/mol. The van der Waals surface area contributed by atoms with Gasteiger partial charge in [-0.15, -0.1) is 0 Å². The molecule has 2 N–H and O–H groups in total. The third-order valence-corrected chi connectivity index (χ3v) is 2.33. The molecule has 3 heteroatoms. The van der Waals surface area contributed by atoms with Gasteiger partial charge in [0.1, 0.15) is 7.29 Å². The first kappa shape index (κ1) is 8.51. The predicted molar refractivity (Wildman–Crippen MR) is 47.9 cm³/mol. The van der Waals surface area contributed by atoms with E-state index in [0.717, 1.165) is 5.56 Å². The highest BCUT2D eigenvalue weighted by Crippen LogP contribution is 2.35. The molecule has 0 aliphatic rings. The second kappa shape index (κ2) is 3.21. The topological polar surface area (TPSA) is 43.1 Å². The Labute approximate surface area is 66.8 Å². The van der Waals surface area contributed by atoms with Crippen LogP contribution in [0.3, 0.4) is 0 Å². The molecule has 11 heavy (non-hydrogen) atoms. The summed E-state index contributed by atoms with van der Waals surface area (Å²) < 4.78 is 11.2. The Morgan fingerprint density at radius 3 is 2.36 bits per heavy atom. The lowest BCUT2D eigenvalue weighted by Crippen LogP contribution is -1.95. The summed E-state index contributed by atoms with van der Waals surface area (Å²) in [5, 5.41) is 0. The summed E-state index contributed by atoms with van der Waals surface area (Å²) >= 11 is 0. The highest BCUT2D eigenvalue weighted by atomic mass is 31.2. The van der Waals surface area contributed by atoms with E-state index < -0.39 is 7.29 Å². The SMILES string of the molecule is CP(N)(=O)Cc1ccccc1. The van der Waals surface area contributed by atoms with E-state index in [-0.39, 0.29) is 0 Å². The molecule has 1 aromatic carbocycles. The highest BCUT2D eigenvalue weighted by molar-refractivity contribution is 7.59. The van der Waals surface area contributed by atoms with Crippen LogP contribution >= 0.6 is 7.29 Å². The third kappa shape index (κ3) is 3.35. The molecule has 1 unspecified atom stereocenters. The number of nitrogens with two attached hydrogens (primary N) is 1. The molecule has 0 fully saturated rings. The van der Waals surface area contributed by atoms with Crippen LogP contribution in [-0.2, 0) is 10.7 Å². The Kier molecular flexibility index (Phi) is 2.48. The lowest BCUT2D eigenvalue weighted by atomic mass is 10.2. The summed E-state index contributed by atoms with van der Waals surface area (Å²) in [7, 11) is -2.39. The van der Waals surface area contributed by atoms with Gasteiger partial charge >= 0.3 is 0 Å². The van der Waals surface area contributed by atoms with Crippen molar-refractivity contribution in [1.29, 1.82) is 0 Å². The van der Waals surface area contributed by atoms with E-state index in [1.54, 1.807) is 6.66 Å². The van der Waals surface area contributed by atoms with E-state index in [2.05, 4.69) is 0 Å². The largest absolute Gasteiger partial charge is 0.307 e. The molecule has 0 radical (unpaired) electrons. The predicted octanol–water partition coefficient (Wildman–Crippen LogP) is 2.05. The number of rotatable bonds is 2. The van der Waals surface area contributed by atoms with Crippen LogP contribution in [0.4, 0.5) is 0 Å². The summed E-state index contributed by atoms with van der Waals surface area (Å²) in [6.07, 6.45) is 0.494. The Morgan fingerprint density at radius 2 is 1.91 bits per heavy atom. The Morgan fingerprint density at radius 1 is 1.36 bits per heavy atom. The quantitative estimate of drug-likeness (QED) is 0.688. The molecule has 1 aromatic rings. The van der Waals surface area contributed by atoms with Gasteiger partial charge in [0.2, 0.25) is 0 Å². The van der Waals surface area contributed by atoms with Crippen molar-refractivity contribution in [2.24, 2.45) is 5.50 Å².